The van der Waals surface area contributed by atoms with E-state index in [9.17, 15) is 4.79 Å². The zero-order chi connectivity index (χ0) is 7.84. The SMILES string of the molecule is CC1CC(=O)C2=CCCC2C1. The maximum absolute atomic E-state index is 11.4. The molecule has 1 fully saturated rings. The molecular weight excluding hydrogens is 136 g/mol. The molecular formula is C10H14O. The molecule has 2 unspecified atom stereocenters. The van der Waals surface area contributed by atoms with Crippen molar-refractivity contribution < 1.29 is 4.79 Å². The topological polar surface area (TPSA) is 17.1 Å². The van der Waals surface area contributed by atoms with Crippen LogP contribution in [0.2, 0.25) is 0 Å². The van der Waals surface area contributed by atoms with Gasteiger partial charge in [0.1, 0.15) is 0 Å². The fourth-order valence-corrected chi connectivity index (χ4v) is 2.35. The molecule has 2 atom stereocenters. The summed E-state index contributed by atoms with van der Waals surface area (Å²) in [6.45, 7) is 2.19. The first-order chi connectivity index (χ1) is 5.27. The van der Waals surface area contributed by atoms with Crippen LogP contribution in [0.1, 0.15) is 32.6 Å². The molecule has 0 amide bonds. The Kier molecular flexibility index (Phi) is 1.59. The van der Waals surface area contributed by atoms with E-state index in [1.807, 2.05) is 0 Å². The normalized spacial score (nSPS) is 36.8. The lowest BCUT2D eigenvalue weighted by molar-refractivity contribution is -0.118. The third kappa shape index (κ3) is 1.13. The zero-order valence-electron chi connectivity index (χ0n) is 6.97. The second-order valence-electron chi connectivity index (χ2n) is 3.90. The Bertz CT molecular complexity index is 215. The van der Waals surface area contributed by atoms with E-state index in [-0.39, 0.29) is 0 Å². The van der Waals surface area contributed by atoms with Crippen LogP contribution in [0.5, 0.6) is 0 Å². The highest BCUT2D eigenvalue weighted by Gasteiger charge is 2.31. The van der Waals surface area contributed by atoms with Gasteiger partial charge in [0.05, 0.1) is 0 Å². The summed E-state index contributed by atoms with van der Waals surface area (Å²) in [7, 11) is 0. The van der Waals surface area contributed by atoms with Crippen molar-refractivity contribution in [2.24, 2.45) is 11.8 Å². The second kappa shape index (κ2) is 2.47. The quantitative estimate of drug-likeness (QED) is 0.518. The Hall–Kier alpha value is -0.590. The van der Waals surface area contributed by atoms with Crippen molar-refractivity contribution in [1.29, 1.82) is 0 Å². The Morgan fingerprint density at radius 1 is 1.55 bits per heavy atom. The molecule has 0 N–H and O–H groups in total. The van der Waals surface area contributed by atoms with Gasteiger partial charge in [-0.25, -0.2) is 0 Å². The van der Waals surface area contributed by atoms with Gasteiger partial charge in [-0.2, -0.15) is 0 Å². The molecule has 1 saturated carbocycles. The Balaban J connectivity index is 2.20. The van der Waals surface area contributed by atoms with Crippen LogP contribution in [0, 0.1) is 11.8 Å². The first-order valence-corrected chi connectivity index (χ1v) is 4.50. The molecule has 1 nitrogen and oxygen atoms in total. The molecule has 2 aliphatic carbocycles. The summed E-state index contributed by atoms with van der Waals surface area (Å²) < 4.78 is 0. The molecule has 0 heterocycles. The molecule has 2 aliphatic rings. The number of rotatable bonds is 0. The van der Waals surface area contributed by atoms with Gasteiger partial charge in [-0.15, -0.1) is 0 Å². The first-order valence-electron chi connectivity index (χ1n) is 4.50. The van der Waals surface area contributed by atoms with E-state index in [0.29, 0.717) is 17.6 Å². The average molecular weight is 150 g/mol. The summed E-state index contributed by atoms with van der Waals surface area (Å²) in [4.78, 5) is 11.4. The van der Waals surface area contributed by atoms with Gasteiger partial charge in [-0.3, -0.25) is 4.79 Å². The van der Waals surface area contributed by atoms with Crippen LogP contribution in [0.25, 0.3) is 0 Å². The number of allylic oxidation sites excluding steroid dienone is 2. The lowest BCUT2D eigenvalue weighted by Crippen LogP contribution is -2.21. The number of carbonyl (C=O) groups is 1. The molecule has 0 bridgehead atoms. The van der Waals surface area contributed by atoms with Crippen molar-refractivity contribution >= 4 is 5.78 Å². The van der Waals surface area contributed by atoms with Crippen LogP contribution in [0.15, 0.2) is 11.6 Å². The maximum Gasteiger partial charge on any atom is 0.159 e. The molecule has 60 valence electrons. The Morgan fingerprint density at radius 2 is 2.36 bits per heavy atom. The van der Waals surface area contributed by atoms with E-state index in [4.69, 9.17) is 0 Å². The number of hydrogen-bond donors (Lipinski definition) is 0. The van der Waals surface area contributed by atoms with Gasteiger partial charge < -0.3 is 0 Å². The highest BCUT2D eigenvalue weighted by Crippen LogP contribution is 2.37. The monoisotopic (exact) mass is 150 g/mol. The third-order valence-electron chi connectivity index (χ3n) is 2.86. The van der Waals surface area contributed by atoms with E-state index in [0.717, 1.165) is 18.4 Å². The van der Waals surface area contributed by atoms with Crippen LogP contribution in [0.3, 0.4) is 0 Å². The highest BCUT2D eigenvalue weighted by atomic mass is 16.1. The molecule has 1 heteroatoms. The van der Waals surface area contributed by atoms with E-state index >= 15 is 0 Å². The van der Waals surface area contributed by atoms with E-state index < -0.39 is 0 Å². The van der Waals surface area contributed by atoms with Gasteiger partial charge in [0.15, 0.2) is 5.78 Å². The zero-order valence-corrected chi connectivity index (χ0v) is 6.97. The van der Waals surface area contributed by atoms with Gasteiger partial charge in [0.2, 0.25) is 0 Å². The lowest BCUT2D eigenvalue weighted by atomic mass is 9.79. The fraction of sp³-hybridized carbons (Fsp3) is 0.700. The predicted molar refractivity (Wildman–Crippen MR) is 44.2 cm³/mol. The van der Waals surface area contributed by atoms with Crippen molar-refractivity contribution in [2.45, 2.75) is 32.6 Å². The molecule has 0 aliphatic heterocycles. The van der Waals surface area contributed by atoms with Crippen molar-refractivity contribution in [3.63, 3.8) is 0 Å². The number of carbonyl (C=O) groups excluding carboxylic acids is 1. The average Bonchev–Trinajstić information content (AvgIpc) is 2.34. The third-order valence-corrected chi connectivity index (χ3v) is 2.86. The lowest BCUT2D eigenvalue weighted by Gasteiger charge is -2.24. The molecule has 0 aromatic rings. The van der Waals surface area contributed by atoms with Gasteiger partial charge in [-0.05, 0) is 36.7 Å². The summed E-state index contributed by atoms with van der Waals surface area (Å²) in [6.07, 6.45) is 6.56. The number of hydrogen-bond acceptors (Lipinski definition) is 1. The van der Waals surface area contributed by atoms with Crippen LogP contribution in [0.4, 0.5) is 0 Å². The smallest absolute Gasteiger partial charge is 0.159 e. The van der Waals surface area contributed by atoms with E-state index in [2.05, 4.69) is 13.0 Å². The minimum atomic E-state index is 0.422. The summed E-state index contributed by atoms with van der Waals surface area (Å²) in [5, 5.41) is 0. The van der Waals surface area contributed by atoms with Crippen LogP contribution < -0.4 is 0 Å². The molecule has 11 heavy (non-hydrogen) atoms. The molecule has 0 radical (unpaired) electrons. The van der Waals surface area contributed by atoms with Crippen molar-refractivity contribution in [2.75, 3.05) is 0 Å². The van der Waals surface area contributed by atoms with Crippen molar-refractivity contribution in [1.82, 2.24) is 0 Å². The molecule has 0 saturated heterocycles. The van der Waals surface area contributed by atoms with E-state index in [1.165, 1.54) is 12.8 Å². The summed E-state index contributed by atoms with van der Waals surface area (Å²) >= 11 is 0. The molecule has 0 aromatic carbocycles. The highest BCUT2D eigenvalue weighted by molar-refractivity contribution is 5.97. The van der Waals surface area contributed by atoms with Crippen LogP contribution >= 0.6 is 0 Å². The van der Waals surface area contributed by atoms with Gasteiger partial charge in [0.25, 0.3) is 0 Å². The minimum absolute atomic E-state index is 0.422. The second-order valence-corrected chi connectivity index (χ2v) is 3.90. The maximum atomic E-state index is 11.4. The predicted octanol–water partition coefficient (Wildman–Crippen LogP) is 2.32. The fourth-order valence-electron chi connectivity index (χ4n) is 2.35. The minimum Gasteiger partial charge on any atom is -0.295 e. The van der Waals surface area contributed by atoms with E-state index in [1.54, 1.807) is 0 Å². The summed E-state index contributed by atoms with van der Waals surface area (Å²) in [5.74, 6) is 1.68. The first kappa shape index (κ1) is 7.08. The van der Waals surface area contributed by atoms with Gasteiger partial charge >= 0.3 is 0 Å². The van der Waals surface area contributed by atoms with Gasteiger partial charge in [0, 0.05) is 6.42 Å². The standard InChI is InChI=1S/C10H14O/c1-7-5-8-3-2-4-9(8)10(11)6-7/h4,7-8H,2-3,5-6H2,1H3. The number of fused-ring (bicyclic) bond motifs is 1. The van der Waals surface area contributed by atoms with Gasteiger partial charge in [-0.1, -0.05) is 13.0 Å². The summed E-state index contributed by atoms with van der Waals surface area (Å²) in [6, 6.07) is 0. The van der Waals surface area contributed by atoms with Crippen molar-refractivity contribution in [3.8, 4) is 0 Å². The molecule has 2 rings (SSSR count). The van der Waals surface area contributed by atoms with Crippen LogP contribution in [-0.2, 0) is 4.79 Å². The molecule has 0 spiro atoms. The number of ketones is 1. The van der Waals surface area contributed by atoms with Crippen LogP contribution in [-0.4, -0.2) is 5.78 Å². The Labute approximate surface area is 67.5 Å². The largest absolute Gasteiger partial charge is 0.295 e. The summed E-state index contributed by atoms with van der Waals surface area (Å²) in [5.41, 5.74) is 1.16. The van der Waals surface area contributed by atoms with Crippen molar-refractivity contribution in [3.05, 3.63) is 11.6 Å². The number of Topliss-reactive ketones (excluding diaryl/α,β-unsaturated/α-hetero) is 1. The Morgan fingerprint density at radius 3 is 3.18 bits per heavy atom. The molecule has 0 aromatic heterocycles.